The van der Waals surface area contributed by atoms with Gasteiger partial charge in [-0.2, -0.15) is 0 Å². The molecule has 3 rings (SSSR count). The Kier molecular flexibility index (Phi) is 4.53. The van der Waals surface area contributed by atoms with Gasteiger partial charge in [0.2, 0.25) is 5.91 Å². The highest BCUT2D eigenvalue weighted by Gasteiger charge is 2.29. The summed E-state index contributed by atoms with van der Waals surface area (Å²) < 4.78 is 6.54. The lowest BCUT2D eigenvalue weighted by atomic mass is 10.1. The summed E-state index contributed by atoms with van der Waals surface area (Å²) in [6.07, 6.45) is 1.37. The van der Waals surface area contributed by atoms with Gasteiger partial charge in [0, 0.05) is 11.6 Å². The molecular formula is C17H18N6O3. The number of carbonyl (C=O) groups is 2. The van der Waals surface area contributed by atoms with Gasteiger partial charge in [0.05, 0.1) is 12.7 Å². The maximum Gasteiger partial charge on any atom is 0.273 e. The molecular weight excluding hydrogens is 336 g/mol. The Morgan fingerprint density at radius 3 is 2.69 bits per heavy atom. The summed E-state index contributed by atoms with van der Waals surface area (Å²) in [5, 5.41) is 14.2. The number of nitrogens with one attached hydrogen (secondary N) is 1. The maximum absolute atomic E-state index is 12.2. The molecule has 0 saturated carbocycles. The van der Waals surface area contributed by atoms with Crippen molar-refractivity contribution in [1.29, 1.82) is 0 Å². The van der Waals surface area contributed by atoms with Gasteiger partial charge in [0.25, 0.3) is 5.91 Å². The molecule has 0 fully saturated rings. The van der Waals surface area contributed by atoms with E-state index < -0.39 is 17.4 Å². The molecule has 0 atom stereocenters. The molecule has 0 radical (unpaired) electrons. The lowest BCUT2D eigenvalue weighted by Gasteiger charge is -2.19. The zero-order valence-corrected chi connectivity index (χ0v) is 14.3. The fourth-order valence-corrected chi connectivity index (χ4v) is 2.15. The van der Waals surface area contributed by atoms with E-state index in [1.807, 2.05) is 30.3 Å². The van der Waals surface area contributed by atoms with Crippen LogP contribution in [0.4, 0.5) is 0 Å². The first-order chi connectivity index (χ1) is 12.4. The Morgan fingerprint density at radius 2 is 2.00 bits per heavy atom. The van der Waals surface area contributed by atoms with Gasteiger partial charge in [0.15, 0.2) is 11.5 Å². The summed E-state index contributed by atoms with van der Waals surface area (Å²) in [6.45, 7) is 3.35. The summed E-state index contributed by atoms with van der Waals surface area (Å²) in [7, 11) is 0. The SMILES string of the molecule is CC(C)(C(N)=O)n1cc(C(=O)NCc2cc(-c3ccccc3)on2)nn1. The summed E-state index contributed by atoms with van der Waals surface area (Å²) in [6, 6.07) is 11.3. The van der Waals surface area contributed by atoms with Crippen LogP contribution in [0.1, 0.15) is 30.0 Å². The fraction of sp³-hybridized carbons (Fsp3) is 0.235. The minimum atomic E-state index is -1.08. The van der Waals surface area contributed by atoms with Crippen molar-refractivity contribution in [3.8, 4) is 11.3 Å². The normalized spacial score (nSPS) is 11.3. The Bertz CT molecular complexity index is 929. The summed E-state index contributed by atoms with van der Waals surface area (Å²) in [4.78, 5) is 23.6. The molecule has 1 aromatic carbocycles. The quantitative estimate of drug-likeness (QED) is 0.681. The molecule has 3 aromatic rings. The van der Waals surface area contributed by atoms with Crippen LogP contribution in [0.2, 0.25) is 0 Å². The van der Waals surface area contributed by atoms with Gasteiger partial charge in [-0.15, -0.1) is 5.10 Å². The Labute approximate surface area is 149 Å². The van der Waals surface area contributed by atoms with E-state index in [-0.39, 0.29) is 12.2 Å². The number of carbonyl (C=O) groups excluding carboxylic acids is 2. The molecule has 9 nitrogen and oxygen atoms in total. The molecule has 2 amide bonds. The van der Waals surface area contributed by atoms with Crippen LogP contribution in [0, 0.1) is 0 Å². The first-order valence-electron chi connectivity index (χ1n) is 7.90. The van der Waals surface area contributed by atoms with Gasteiger partial charge >= 0.3 is 0 Å². The fourth-order valence-electron chi connectivity index (χ4n) is 2.15. The second-order valence-corrected chi connectivity index (χ2v) is 6.20. The topological polar surface area (TPSA) is 129 Å². The van der Waals surface area contributed by atoms with E-state index in [9.17, 15) is 9.59 Å². The highest BCUT2D eigenvalue weighted by Crippen LogP contribution is 2.19. The van der Waals surface area contributed by atoms with Crippen LogP contribution < -0.4 is 11.1 Å². The second kappa shape index (κ2) is 6.79. The number of primary amides is 1. The molecule has 0 aliphatic carbocycles. The maximum atomic E-state index is 12.2. The third-order valence-electron chi connectivity index (χ3n) is 3.95. The Balaban J connectivity index is 1.64. The van der Waals surface area contributed by atoms with Crippen LogP contribution >= 0.6 is 0 Å². The number of amides is 2. The van der Waals surface area contributed by atoms with Crippen LogP contribution in [0.3, 0.4) is 0 Å². The monoisotopic (exact) mass is 354 g/mol. The Morgan fingerprint density at radius 1 is 1.27 bits per heavy atom. The van der Waals surface area contributed by atoms with Gasteiger partial charge in [-0.3, -0.25) is 9.59 Å². The number of benzene rings is 1. The molecule has 0 aliphatic heterocycles. The molecule has 134 valence electrons. The molecule has 0 aliphatic rings. The van der Waals surface area contributed by atoms with Crippen molar-refractivity contribution < 1.29 is 14.1 Å². The minimum Gasteiger partial charge on any atom is -0.368 e. The highest BCUT2D eigenvalue weighted by atomic mass is 16.5. The van der Waals surface area contributed by atoms with Crippen LogP contribution in [-0.4, -0.2) is 32.0 Å². The molecule has 0 spiro atoms. The summed E-state index contributed by atoms with van der Waals surface area (Å²) in [5.41, 5.74) is 5.79. The first-order valence-corrected chi connectivity index (χ1v) is 7.90. The van der Waals surface area contributed by atoms with Gasteiger partial charge in [0.1, 0.15) is 11.2 Å². The average Bonchev–Trinajstić information content (AvgIpc) is 3.30. The number of hydrogen-bond donors (Lipinski definition) is 2. The van der Waals surface area contributed by atoms with E-state index in [1.165, 1.54) is 10.9 Å². The van der Waals surface area contributed by atoms with Crippen molar-refractivity contribution in [1.82, 2.24) is 25.5 Å². The number of nitrogens with zero attached hydrogens (tertiary/aromatic N) is 4. The van der Waals surface area contributed by atoms with Crippen molar-refractivity contribution in [3.05, 3.63) is 54.0 Å². The molecule has 9 heteroatoms. The third kappa shape index (κ3) is 3.46. The molecule has 26 heavy (non-hydrogen) atoms. The van der Waals surface area contributed by atoms with Crippen molar-refractivity contribution in [2.75, 3.05) is 0 Å². The Hall–Kier alpha value is -3.49. The van der Waals surface area contributed by atoms with Gasteiger partial charge in [-0.25, -0.2) is 4.68 Å². The van der Waals surface area contributed by atoms with E-state index in [1.54, 1.807) is 19.9 Å². The highest BCUT2D eigenvalue weighted by molar-refractivity contribution is 5.92. The van der Waals surface area contributed by atoms with Crippen LogP contribution in [0.25, 0.3) is 11.3 Å². The van der Waals surface area contributed by atoms with Crippen molar-refractivity contribution in [3.63, 3.8) is 0 Å². The average molecular weight is 354 g/mol. The van der Waals surface area contributed by atoms with Crippen molar-refractivity contribution in [2.24, 2.45) is 5.73 Å². The van der Waals surface area contributed by atoms with Crippen LogP contribution in [0.15, 0.2) is 47.1 Å². The summed E-state index contributed by atoms with van der Waals surface area (Å²) >= 11 is 0. The molecule has 0 saturated heterocycles. The molecule has 2 heterocycles. The number of hydrogen-bond acceptors (Lipinski definition) is 6. The lowest BCUT2D eigenvalue weighted by molar-refractivity contribution is -0.125. The van der Waals surface area contributed by atoms with Crippen LogP contribution in [-0.2, 0) is 16.9 Å². The minimum absolute atomic E-state index is 0.0751. The van der Waals surface area contributed by atoms with E-state index in [2.05, 4.69) is 20.8 Å². The van der Waals surface area contributed by atoms with Crippen molar-refractivity contribution in [2.45, 2.75) is 25.9 Å². The van der Waals surface area contributed by atoms with Crippen molar-refractivity contribution >= 4 is 11.8 Å². The van der Waals surface area contributed by atoms with Gasteiger partial charge in [-0.1, -0.05) is 40.7 Å². The first kappa shape index (κ1) is 17.3. The predicted octanol–water partition coefficient (Wildman–Crippen LogP) is 1.08. The zero-order chi connectivity index (χ0) is 18.7. The standard InChI is InChI=1S/C17H18N6O3/c1-17(2,16(18)25)23-10-13(20-22-23)15(24)19-9-12-8-14(26-21-12)11-6-4-3-5-7-11/h3-8,10H,9H2,1-2H3,(H2,18,25)(H,19,24). The predicted molar refractivity (Wildman–Crippen MR) is 91.6 cm³/mol. The van der Waals surface area contributed by atoms with Gasteiger partial charge < -0.3 is 15.6 Å². The smallest absolute Gasteiger partial charge is 0.273 e. The number of rotatable bonds is 6. The molecule has 2 aromatic heterocycles. The molecule has 0 bridgehead atoms. The van der Waals surface area contributed by atoms with E-state index in [4.69, 9.17) is 10.3 Å². The lowest BCUT2D eigenvalue weighted by Crippen LogP contribution is -2.41. The van der Waals surface area contributed by atoms with E-state index in [0.29, 0.717) is 11.5 Å². The molecule has 0 unspecified atom stereocenters. The number of aromatic nitrogens is 4. The second-order valence-electron chi connectivity index (χ2n) is 6.20. The molecule has 3 N–H and O–H groups in total. The summed E-state index contributed by atoms with van der Waals surface area (Å²) in [5.74, 6) is -0.407. The van der Waals surface area contributed by atoms with Crippen LogP contribution in [0.5, 0.6) is 0 Å². The van der Waals surface area contributed by atoms with E-state index >= 15 is 0 Å². The van der Waals surface area contributed by atoms with Gasteiger partial charge in [-0.05, 0) is 13.8 Å². The third-order valence-corrected chi connectivity index (χ3v) is 3.95. The van der Waals surface area contributed by atoms with E-state index in [0.717, 1.165) is 5.56 Å². The number of nitrogens with two attached hydrogens (primary N) is 1. The largest absolute Gasteiger partial charge is 0.368 e. The zero-order valence-electron chi connectivity index (χ0n) is 14.3.